The highest BCUT2D eigenvalue weighted by Gasteiger charge is 2.15. The molecule has 0 aliphatic carbocycles. The molecule has 0 fully saturated rings. The van der Waals surface area contributed by atoms with Crippen LogP contribution in [0.2, 0.25) is 5.02 Å². The van der Waals surface area contributed by atoms with Crippen molar-refractivity contribution < 1.29 is 4.74 Å². The Balaban J connectivity index is 1.48. The van der Waals surface area contributed by atoms with E-state index in [0.29, 0.717) is 18.2 Å². The molecule has 0 spiro atoms. The van der Waals surface area contributed by atoms with Crippen LogP contribution in [0.1, 0.15) is 5.56 Å². The fourth-order valence-electron chi connectivity index (χ4n) is 2.84. The Labute approximate surface area is 178 Å². The summed E-state index contributed by atoms with van der Waals surface area (Å²) in [5.74, 6) is 2.36. The fourth-order valence-corrected chi connectivity index (χ4v) is 3.72. The summed E-state index contributed by atoms with van der Waals surface area (Å²) in [5.41, 5.74) is 2.14. The summed E-state index contributed by atoms with van der Waals surface area (Å²) < 4.78 is 7.91. The van der Waals surface area contributed by atoms with E-state index < -0.39 is 0 Å². The second-order valence-corrected chi connectivity index (χ2v) is 7.77. The Kier molecular flexibility index (Phi) is 6.44. The van der Waals surface area contributed by atoms with Crippen LogP contribution in [0.3, 0.4) is 0 Å². The molecule has 0 bridgehead atoms. The van der Waals surface area contributed by atoms with Gasteiger partial charge >= 0.3 is 0 Å². The summed E-state index contributed by atoms with van der Waals surface area (Å²) in [6.45, 7) is 1.26. The van der Waals surface area contributed by atoms with E-state index in [1.54, 1.807) is 18.0 Å². The van der Waals surface area contributed by atoms with E-state index in [1.807, 2.05) is 60.8 Å². The lowest BCUT2D eigenvalue weighted by Gasteiger charge is -2.11. The van der Waals surface area contributed by atoms with Crippen LogP contribution in [0.4, 0.5) is 0 Å². The third-order valence-corrected chi connectivity index (χ3v) is 5.40. The lowest BCUT2D eigenvalue weighted by Crippen LogP contribution is -2.06. The molecule has 29 heavy (non-hydrogen) atoms. The molecule has 0 radical (unpaired) electrons. The average Bonchev–Trinajstić information content (AvgIpc) is 3.16. The zero-order chi connectivity index (χ0) is 19.9. The van der Waals surface area contributed by atoms with Gasteiger partial charge in [0, 0.05) is 28.7 Å². The van der Waals surface area contributed by atoms with Gasteiger partial charge in [-0.3, -0.25) is 9.55 Å². The number of benzene rings is 2. The standard InChI is InChI=1S/C22H19ClN4OS/c23-19-8-10-20(11-9-19)28-13-14-29-22-26-25-21(18-7-4-12-24-15-18)27(22)16-17-5-2-1-3-6-17/h1-12,15H,13-14,16H2. The molecule has 0 amide bonds. The van der Waals surface area contributed by atoms with E-state index in [-0.39, 0.29) is 0 Å². The highest BCUT2D eigenvalue weighted by Crippen LogP contribution is 2.25. The molecule has 0 aliphatic rings. The molecule has 4 rings (SSSR count). The first-order valence-corrected chi connectivity index (χ1v) is 10.5. The van der Waals surface area contributed by atoms with Gasteiger partial charge in [-0.25, -0.2) is 0 Å². The van der Waals surface area contributed by atoms with Gasteiger partial charge in [0.05, 0.1) is 13.2 Å². The van der Waals surface area contributed by atoms with Crippen molar-refractivity contribution in [2.75, 3.05) is 12.4 Å². The number of rotatable bonds is 8. The minimum atomic E-state index is 0.562. The minimum absolute atomic E-state index is 0.562. The van der Waals surface area contributed by atoms with Gasteiger partial charge in [0.1, 0.15) is 5.75 Å². The Morgan fingerprint density at radius 1 is 0.931 bits per heavy atom. The normalized spacial score (nSPS) is 10.8. The number of halogens is 1. The summed E-state index contributed by atoms with van der Waals surface area (Å²) in [6, 6.07) is 21.6. The van der Waals surface area contributed by atoms with E-state index in [9.17, 15) is 0 Å². The molecule has 0 unspecified atom stereocenters. The van der Waals surface area contributed by atoms with Crippen molar-refractivity contribution in [1.29, 1.82) is 0 Å². The molecule has 2 aromatic heterocycles. The number of aromatic nitrogens is 4. The predicted molar refractivity (Wildman–Crippen MR) is 116 cm³/mol. The van der Waals surface area contributed by atoms with Gasteiger partial charge in [-0.05, 0) is 42.0 Å². The maximum absolute atomic E-state index is 5.91. The van der Waals surface area contributed by atoms with E-state index in [0.717, 1.165) is 28.0 Å². The highest BCUT2D eigenvalue weighted by atomic mass is 35.5. The van der Waals surface area contributed by atoms with Crippen LogP contribution in [0, 0.1) is 0 Å². The van der Waals surface area contributed by atoms with Crippen LogP contribution in [-0.4, -0.2) is 32.1 Å². The molecule has 5 nitrogen and oxygen atoms in total. The third-order valence-electron chi connectivity index (χ3n) is 4.22. The molecule has 0 aliphatic heterocycles. The van der Waals surface area contributed by atoms with Gasteiger partial charge in [0.2, 0.25) is 0 Å². The summed E-state index contributed by atoms with van der Waals surface area (Å²) in [4.78, 5) is 4.22. The zero-order valence-electron chi connectivity index (χ0n) is 15.6. The van der Waals surface area contributed by atoms with Crippen LogP contribution in [0.25, 0.3) is 11.4 Å². The van der Waals surface area contributed by atoms with Crippen LogP contribution >= 0.6 is 23.4 Å². The summed E-state index contributed by atoms with van der Waals surface area (Å²) >= 11 is 7.53. The number of hydrogen-bond acceptors (Lipinski definition) is 5. The average molecular weight is 423 g/mol. The minimum Gasteiger partial charge on any atom is -0.493 e. The lowest BCUT2D eigenvalue weighted by atomic mass is 10.2. The van der Waals surface area contributed by atoms with Gasteiger partial charge in [0.15, 0.2) is 11.0 Å². The predicted octanol–water partition coefficient (Wildman–Crippen LogP) is 5.21. The van der Waals surface area contributed by atoms with Gasteiger partial charge < -0.3 is 4.74 Å². The van der Waals surface area contributed by atoms with E-state index >= 15 is 0 Å². The van der Waals surface area contributed by atoms with Gasteiger partial charge in [0.25, 0.3) is 0 Å². The number of thioether (sulfide) groups is 1. The molecular formula is C22H19ClN4OS. The second kappa shape index (κ2) is 9.58. The summed E-state index contributed by atoms with van der Waals surface area (Å²) in [7, 11) is 0. The van der Waals surface area contributed by atoms with Crippen molar-refractivity contribution in [2.24, 2.45) is 0 Å². The molecule has 146 valence electrons. The second-order valence-electron chi connectivity index (χ2n) is 6.27. The van der Waals surface area contributed by atoms with Crippen molar-refractivity contribution in [3.63, 3.8) is 0 Å². The first-order chi connectivity index (χ1) is 14.3. The van der Waals surface area contributed by atoms with Gasteiger partial charge in [-0.15, -0.1) is 10.2 Å². The molecule has 4 aromatic rings. The maximum atomic E-state index is 5.91. The Morgan fingerprint density at radius 2 is 1.76 bits per heavy atom. The molecule has 0 saturated heterocycles. The van der Waals surface area contributed by atoms with Gasteiger partial charge in [-0.2, -0.15) is 0 Å². The molecule has 2 aromatic carbocycles. The van der Waals surface area contributed by atoms with Crippen molar-refractivity contribution in [2.45, 2.75) is 11.7 Å². The van der Waals surface area contributed by atoms with Gasteiger partial charge in [-0.1, -0.05) is 53.7 Å². The maximum Gasteiger partial charge on any atom is 0.191 e. The van der Waals surface area contributed by atoms with Crippen LogP contribution in [0.15, 0.2) is 84.3 Å². The van der Waals surface area contributed by atoms with Crippen LogP contribution < -0.4 is 4.74 Å². The molecule has 0 atom stereocenters. The van der Waals surface area contributed by atoms with Crippen LogP contribution in [-0.2, 0) is 6.54 Å². The SMILES string of the molecule is Clc1ccc(OCCSc2nnc(-c3cccnc3)n2Cc2ccccc2)cc1. The molecule has 2 heterocycles. The van der Waals surface area contributed by atoms with Crippen molar-refractivity contribution in [3.8, 4) is 17.1 Å². The summed E-state index contributed by atoms with van der Waals surface area (Å²) in [5, 5.41) is 10.4. The lowest BCUT2D eigenvalue weighted by molar-refractivity contribution is 0.344. The van der Waals surface area contributed by atoms with E-state index in [1.165, 1.54) is 5.56 Å². The first kappa shape index (κ1) is 19.5. The third kappa shape index (κ3) is 5.16. The topological polar surface area (TPSA) is 52.8 Å². The molecule has 7 heteroatoms. The molecule has 0 saturated carbocycles. The quantitative estimate of drug-likeness (QED) is 0.288. The number of hydrogen-bond donors (Lipinski definition) is 0. The Bertz CT molecular complexity index is 1040. The van der Waals surface area contributed by atoms with E-state index in [2.05, 4.69) is 31.9 Å². The first-order valence-electron chi connectivity index (χ1n) is 9.18. The zero-order valence-corrected chi connectivity index (χ0v) is 17.2. The number of pyridine rings is 1. The smallest absolute Gasteiger partial charge is 0.191 e. The van der Waals surface area contributed by atoms with Crippen molar-refractivity contribution >= 4 is 23.4 Å². The Morgan fingerprint density at radius 3 is 2.52 bits per heavy atom. The largest absolute Gasteiger partial charge is 0.493 e. The fraction of sp³-hybridized carbons (Fsp3) is 0.136. The molecular weight excluding hydrogens is 404 g/mol. The van der Waals surface area contributed by atoms with Crippen molar-refractivity contribution in [1.82, 2.24) is 19.7 Å². The summed E-state index contributed by atoms with van der Waals surface area (Å²) in [6.07, 6.45) is 3.56. The highest BCUT2D eigenvalue weighted by molar-refractivity contribution is 7.99. The van der Waals surface area contributed by atoms with E-state index in [4.69, 9.17) is 16.3 Å². The number of nitrogens with zero attached hydrogens (tertiary/aromatic N) is 4. The van der Waals surface area contributed by atoms with Crippen LogP contribution in [0.5, 0.6) is 5.75 Å². The monoisotopic (exact) mass is 422 g/mol. The number of ether oxygens (including phenoxy) is 1. The Hall–Kier alpha value is -2.83. The van der Waals surface area contributed by atoms with Crippen molar-refractivity contribution in [3.05, 3.63) is 89.7 Å². The molecule has 0 N–H and O–H groups in total.